The molecular formula is C12H11NO2. The summed E-state index contributed by atoms with van der Waals surface area (Å²) in [7, 11) is 0. The standard InChI is InChI=1S/C12H11NO2/c13-10-5-3-9(4-6-10)8-11(14)12-2-1-7-15-12/h1-7H,8,13H2. The van der Waals surface area contributed by atoms with E-state index in [4.69, 9.17) is 10.2 Å². The molecular weight excluding hydrogens is 190 g/mol. The third-order valence-corrected chi connectivity index (χ3v) is 2.14. The second-order valence-corrected chi connectivity index (χ2v) is 3.32. The molecule has 0 radical (unpaired) electrons. The summed E-state index contributed by atoms with van der Waals surface area (Å²) < 4.78 is 5.02. The number of hydrogen-bond acceptors (Lipinski definition) is 3. The van der Waals surface area contributed by atoms with E-state index in [0.717, 1.165) is 5.56 Å². The van der Waals surface area contributed by atoms with E-state index in [1.54, 1.807) is 24.3 Å². The first-order valence-electron chi connectivity index (χ1n) is 4.67. The monoisotopic (exact) mass is 201 g/mol. The highest BCUT2D eigenvalue weighted by molar-refractivity contribution is 5.94. The molecule has 0 fully saturated rings. The topological polar surface area (TPSA) is 56.2 Å². The fraction of sp³-hybridized carbons (Fsp3) is 0.0833. The predicted molar refractivity (Wildman–Crippen MR) is 57.6 cm³/mol. The SMILES string of the molecule is Nc1ccc(CC(=O)c2ccco2)cc1. The molecule has 0 atom stereocenters. The Morgan fingerprint density at radius 2 is 1.93 bits per heavy atom. The lowest BCUT2D eigenvalue weighted by Gasteiger charge is -1.99. The molecule has 0 spiro atoms. The molecule has 0 bridgehead atoms. The summed E-state index contributed by atoms with van der Waals surface area (Å²) in [6.07, 6.45) is 1.84. The summed E-state index contributed by atoms with van der Waals surface area (Å²) in [5, 5.41) is 0. The highest BCUT2D eigenvalue weighted by Gasteiger charge is 2.08. The molecule has 0 aliphatic rings. The third-order valence-electron chi connectivity index (χ3n) is 2.14. The van der Waals surface area contributed by atoms with Crippen LogP contribution in [0.2, 0.25) is 0 Å². The number of furan rings is 1. The summed E-state index contributed by atoms with van der Waals surface area (Å²) in [5.74, 6) is 0.372. The highest BCUT2D eigenvalue weighted by atomic mass is 16.3. The summed E-state index contributed by atoms with van der Waals surface area (Å²) in [5.41, 5.74) is 7.18. The maximum absolute atomic E-state index is 11.6. The van der Waals surface area contributed by atoms with E-state index in [1.165, 1.54) is 6.26 Å². The number of nitrogen functional groups attached to an aromatic ring is 1. The van der Waals surface area contributed by atoms with Crippen molar-refractivity contribution < 1.29 is 9.21 Å². The van der Waals surface area contributed by atoms with Gasteiger partial charge in [-0.15, -0.1) is 0 Å². The number of hydrogen-bond donors (Lipinski definition) is 1. The Balaban J connectivity index is 2.09. The van der Waals surface area contributed by atoms with E-state index >= 15 is 0 Å². The molecule has 2 aromatic rings. The number of nitrogens with two attached hydrogens (primary N) is 1. The maximum atomic E-state index is 11.6. The fourth-order valence-corrected chi connectivity index (χ4v) is 1.35. The second-order valence-electron chi connectivity index (χ2n) is 3.32. The lowest BCUT2D eigenvalue weighted by atomic mass is 10.1. The molecule has 1 aromatic heterocycles. The lowest BCUT2D eigenvalue weighted by molar-refractivity contribution is 0.0966. The number of carbonyl (C=O) groups excluding carboxylic acids is 1. The van der Waals surface area contributed by atoms with Crippen molar-refractivity contribution in [3.05, 3.63) is 54.0 Å². The molecule has 0 amide bonds. The Morgan fingerprint density at radius 1 is 1.20 bits per heavy atom. The van der Waals surface area contributed by atoms with Crippen molar-refractivity contribution in [2.45, 2.75) is 6.42 Å². The van der Waals surface area contributed by atoms with E-state index in [0.29, 0.717) is 17.9 Å². The molecule has 0 saturated heterocycles. The van der Waals surface area contributed by atoms with Crippen LogP contribution < -0.4 is 5.73 Å². The summed E-state index contributed by atoms with van der Waals surface area (Å²) >= 11 is 0. The van der Waals surface area contributed by atoms with Crippen molar-refractivity contribution >= 4 is 11.5 Å². The van der Waals surface area contributed by atoms with Gasteiger partial charge in [0.2, 0.25) is 5.78 Å². The summed E-state index contributed by atoms with van der Waals surface area (Å²) in [4.78, 5) is 11.6. The van der Waals surface area contributed by atoms with Crippen LogP contribution in [0.4, 0.5) is 5.69 Å². The van der Waals surface area contributed by atoms with Crippen LogP contribution in [0.1, 0.15) is 16.1 Å². The minimum absolute atomic E-state index is 0.0234. The quantitative estimate of drug-likeness (QED) is 0.612. The van der Waals surface area contributed by atoms with E-state index < -0.39 is 0 Å². The Morgan fingerprint density at radius 3 is 2.53 bits per heavy atom. The van der Waals surface area contributed by atoms with E-state index in [9.17, 15) is 4.79 Å². The molecule has 76 valence electrons. The molecule has 0 aliphatic carbocycles. The molecule has 0 aliphatic heterocycles. The van der Waals surface area contributed by atoms with Gasteiger partial charge in [0.1, 0.15) is 0 Å². The molecule has 1 heterocycles. The average Bonchev–Trinajstić information content (AvgIpc) is 2.74. The first kappa shape index (κ1) is 9.52. The number of ketones is 1. The van der Waals surface area contributed by atoms with Gasteiger partial charge in [-0.25, -0.2) is 0 Å². The molecule has 3 heteroatoms. The molecule has 2 rings (SSSR count). The van der Waals surface area contributed by atoms with Crippen LogP contribution >= 0.6 is 0 Å². The zero-order valence-corrected chi connectivity index (χ0v) is 8.14. The van der Waals surface area contributed by atoms with Crippen molar-refractivity contribution in [2.24, 2.45) is 0 Å². The maximum Gasteiger partial charge on any atom is 0.202 e. The van der Waals surface area contributed by atoms with Crippen LogP contribution in [-0.4, -0.2) is 5.78 Å². The van der Waals surface area contributed by atoms with E-state index in [1.807, 2.05) is 12.1 Å². The van der Waals surface area contributed by atoms with Crippen LogP contribution in [0, 0.1) is 0 Å². The third kappa shape index (κ3) is 2.26. The van der Waals surface area contributed by atoms with Gasteiger partial charge < -0.3 is 10.2 Å². The van der Waals surface area contributed by atoms with Gasteiger partial charge in [-0.1, -0.05) is 12.1 Å². The summed E-state index contributed by atoms with van der Waals surface area (Å²) in [6, 6.07) is 10.6. The Hall–Kier alpha value is -2.03. The van der Waals surface area contributed by atoms with Crippen molar-refractivity contribution in [3.8, 4) is 0 Å². The van der Waals surface area contributed by atoms with Crippen LogP contribution in [0.5, 0.6) is 0 Å². The number of Topliss-reactive ketones (excluding diaryl/α,β-unsaturated/α-hetero) is 1. The van der Waals surface area contributed by atoms with Crippen LogP contribution in [0.3, 0.4) is 0 Å². The largest absolute Gasteiger partial charge is 0.461 e. The number of benzene rings is 1. The van der Waals surface area contributed by atoms with Gasteiger partial charge in [-0.3, -0.25) is 4.79 Å². The van der Waals surface area contributed by atoms with Gasteiger partial charge in [0.15, 0.2) is 5.76 Å². The van der Waals surface area contributed by atoms with Crippen LogP contribution in [0.15, 0.2) is 47.1 Å². The Labute approximate surface area is 87.5 Å². The zero-order valence-electron chi connectivity index (χ0n) is 8.14. The van der Waals surface area contributed by atoms with Gasteiger partial charge in [0, 0.05) is 12.1 Å². The van der Waals surface area contributed by atoms with Gasteiger partial charge >= 0.3 is 0 Å². The first-order chi connectivity index (χ1) is 7.25. The van der Waals surface area contributed by atoms with Crippen molar-refractivity contribution in [1.82, 2.24) is 0 Å². The molecule has 3 nitrogen and oxygen atoms in total. The van der Waals surface area contributed by atoms with E-state index in [-0.39, 0.29) is 5.78 Å². The van der Waals surface area contributed by atoms with Gasteiger partial charge in [-0.2, -0.15) is 0 Å². The van der Waals surface area contributed by atoms with Crippen molar-refractivity contribution in [2.75, 3.05) is 5.73 Å². The van der Waals surface area contributed by atoms with Gasteiger partial charge in [0.25, 0.3) is 0 Å². The lowest BCUT2D eigenvalue weighted by Crippen LogP contribution is -2.01. The molecule has 1 aromatic carbocycles. The average molecular weight is 201 g/mol. The van der Waals surface area contributed by atoms with Crippen molar-refractivity contribution in [1.29, 1.82) is 0 Å². The molecule has 2 N–H and O–H groups in total. The molecule has 15 heavy (non-hydrogen) atoms. The van der Waals surface area contributed by atoms with Crippen molar-refractivity contribution in [3.63, 3.8) is 0 Å². The Kier molecular flexibility index (Phi) is 2.54. The number of carbonyl (C=O) groups is 1. The molecule has 0 saturated carbocycles. The normalized spacial score (nSPS) is 10.1. The molecule has 0 unspecified atom stereocenters. The fourth-order valence-electron chi connectivity index (χ4n) is 1.35. The van der Waals surface area contributed by atoms with Gasteiger partial charge in [0.05, 0.1) is 6.26 Å². The van der Waals surface area contributed by atoms with E-state index in [2.05, 4.69) is 0 Å². The highest BCUT2D eigenvalue weighted by Crippen LogP contribution is 2.10. The minimum Gasteiger partial charge on any atom is -0.461 e. The number of rotatable bonds is 3. The second kappa shape index (κ2) is 4.00. The zero-order chi connectivity index (χ0) is 10.7. The van der Waals surface area contributed by atoms with Gasteiger partial charge in [-0.05, 0) is 29.8 Å². The Bertz CT molecular complexity index is 443. The van der Waals surface area contributed by atoms with Crippen LogP contribution in [0.25, 0.3) is 0 Å². The minimum atomic E-state index is -0.0234. The smallest absolute Gasteiger partial charge is 0.202 e. The van der Waals surface area contributed by atoms with Crippen LogP contribution in [-0.2, 0) is 6.42 Å². The summed E-state index contributed by atoms with van der Waals surface area (Å²) in [6.45, 7) is 0. The number of anilines is 1. The first-order valence-corrected chi connectivity index (χ1v) is 4.67. The predicted octanol–water partition coefficient (Wildman–Crippen LogP) is 2.29.